The Kier molecular flexibility index (Phi) is 6.21. The van der Waals surface area contributed by atoms with Crippen LogP contribution in [0.25, 0.3) is 0 Å². The first-order chi connectivity index (χ1) is 6.74. The number of ether oxygens (including phenoxy) is 1. The van der Waals surface area contributed by atoms with Gasteiger partial charge in [0.15, 0.2) is 0 Å². The highest BCUT2D eigenvalue weighted by atomic mass is 16.5. The van der Waals surface area contributed by atoms with Crippen molar-refractivity contribution in [3.63, 3.8) is 0 Å². The molecule has 0 spiro atoms. The Hall–Kier alpha value is -1.49. The van der Waals surface area contributed by atoms with E-state index in [0.29, 0.717) is 18.7 Å². The summed E-state index contributed by atoms with van der Waals surface area (Å²) in [5, 5.41) is 0. The Morgan fingerprint density at radius 3 is 2.87 bits per heavy atom. The van der Waals surface area contributed by atoms with Crippen LogP contribution in [0.3, 0.4) is 0 Å². The molecule has 1 aromatic heterocycles. The molecule has 15 heavy (non-hydrogen) atoms. The van der Waals surface area contributed by atoms with Crippen molar-refractivity contribution in [2.45, 2.75) is 26.8 Å². The van der Waals surface area contributed by atoms with Crippen LogP contribution in [0.5, 0.6) is 0 Å². The molecule has 0 bridgehead atoms. The zero-order valence-corrected chi connectivity index (χ0v) is 8.01. The lowest BCUT2D eigenvalue weighted by molar-refractivity contribution is -0.144. The van der Waals surface area contributed by atoms with Crippen molar-refractivity contribution in [2.24, 2.45) is 5.73 Å². The molecule has 5 nitrogen and oxygen atoms in total. The third-order valence-corrected chi connectivity index (χ3v) is 1.64. The average molecular weight is 211 g/mol. The van der Waals surface area contributed by atoms with E-state index in [1.54, 1.807) is 25.5 Å². The molecule has 1 rings (SSSR count). The Morgan fingerprint density at radius 1 is 1.60 bits per heavy atom. The van der Waals surface area contributed by atoms with Gasteiger partial charge in [-0.1, -0.05) is 7.43 Å². The summed E-state index contributed by atoms with van der Waals surface area (Å²) in [5.74, 6) is -0.404. The molecule has 2 N–H and O–H groups in total. The normalized spacial score (nSPS) is 11.3. The molecule has 0 aliphatic heterocycles. The second-order valence-electron chi connectivity index (χ2n) is 2.76. The van der Waals surface area contributed by atoms with Crippen molar-refractivity contribution in [2.75, 3.05) is 6.61 Å². The maximum atomic E-state index is 11.2. The van der Waals surface area contributed by atoms with E-state index in [0.717, 1.165) is 0 Å². The van der Waals surface area contributed by atoms with E-state index in [1.807, 2.05) is 0 Å². The Balaban J connectivity index is 0.00000196. The number of carbonyl (C=O) groups excluding carboxylic acids is 1. The monoisotopic (exact) mass is 211 g/mol. The van der Waals surface area contributed by atoms with Crippen LogP contribution in [0.4, 0.5) is 0 Å². The van der Waals surface area contributed by atoms with E-state index in [2.05, 4.69) is 9.97 Å². The van der Waals surface area contributed by atoms with E-state index in [4.69, 9.17) is 10.5 Å². The molecule has 0 saturated carbocycles. The quantitative estimate of drug-likeness (QED) is 0.736. The summed E-state index contributed by atoms with van der Waals surface area (Å²) in [6, 6.07) is -0.661. The van der Waals surface area contributed by atoms with Gasteiger partial charge in [-0.25, -0.2) is 0 Å². The van der Waals surface area contributed by atoms with Gasteiger partial charge in [0, 0.05) is 25.0 Å². The minimum atomic E-state index is -0.661. The lowest BCUT2D eigenvalue weighted by Crippen LogP contribution is -2.34. The van der Waals surface area contributed by atoms with Crippen LogP contribution >= 0.6 is 0 Å². The molecule has 0 saturated heterocycles. The topological polar surface area (TPSA) is 78.1 Å². The van der Waals surface area contributed by atoms with Crippen molar-refractivity contribution >= 4 is 5.97 Å². The SMILES string of the molecule is C.CCOC(=O)C(N)Cc1cnccn1. The molecule has 84 valence electrons. The van der Waals surface area contributed by atoms with Gasteiger partial charge in [-0.3, -0.25) is 14.8 Å². The van der Waals surface area contributed by atoms with Crippen molar-refractivity contribution < 1.29 is 9.53 Å². The van der Waals surface area contributed by atoms with Crippen LogP contribution in [-0.4, -0.2) is 28.6 Å². The molecule has 0 aliphatic rings. The van der Waals surface area contributed by atoms with E-state index in [1.165, 1.54) is 0 Å². The molecule has 0 amide bonds. The second-order valence-corrected chi connectivity index (χ2v) is 2.76. The first-order valence-corrected chi connectivity index (χ1v) is 4.41. The van der Waals surface area contributed by atoms with Gasteiger partial charge >= 0.3 is 5.97 Å². The van der Waals surface area contributed by atoms with Gasteiger partial charge < -0.3 is 10.5 Å². The molecule has 0 radical (unpaired) electrons. The maximum absolute atomic E-state index is 11.2. The number of esters is 1. The highest BCUT2D eigenvalue weighted by molar-refractivity contribution is 5.75. The molecule has 0 aromatic carbocycles. The highest BCUT2D eigenvalue weighted by Crippen LogP contribution is 1.97. The zero-order valence-electron chi connectivity index (χ0n) is 8.01. The van der Waals surface area contributed by atoms with E-state index in [-0.39, 0.29) is 7.43 Å². The predicted octanol–water partition coefficient (Wildman–Crippen LogP) is 0.546. The van der Waals surface area contributed by atoms with Crippen molar-refractivity contribution in [3.05, 3.63) is 24.3 Å². The number of rotatable bonds is 4. The van der Waals surface area contributed by atoms with Crippen molar-refractivity contribution in [1.82, 2.24) is 9.97 Å². The van der Waals surface area contributed by atoms with E-state index < -0.39 is 12.0 Å². The summed E-state index contributed by atoms with van der Waals surface area (Å²) in [5.41, 5.74) is 6.28. The number of hydrogen-bond acceptors (Lipinski definition) is 5. The van der Waals surface area contributed by atoms with Gasteiger partial charge in [0.1, 0.15) is 6.04 Å². The fourth-order valence-corrected chi connectivity index (χ4v) is 0.993. The van der Waals surface area contributed by atoms with Crippen LogP contribution in [0.1, 0.15) is 20.0 Å². The summed E-state index contributed by atoms with van der Waals surface area (Å²) in [7, 11) is 0. The van der Waals surface area contributed by atoms with Gasteiger partial charge in [0.05, 0.1) is 12.3 Å². The fraction of sp³-hybridized carbons (Fsp3) is 0.500. The minimum absolute atomic E-state index is 0. The maximum Gasteiger partial charge on any atom is 0.323 e. The molecule has 5 heteroatoms. The molecular weight excluding hydrogens is 194 g/mol. The molecule has 1 aromatic rings. The van der Waals surface area contributed by atoms with Crippen LogP contribution in [0.15, 0.2) is 18.6 Å². The number of nitrogens with zero attached hydrogens (tertiary/aromatic N) is 2. The van der Waals surface area contributed by atoms with E-state index in [9.17, 15) is 4.79 Å². The molecule has 0 fully saturated rings. The van der Waals surface area contributed by atoms with Gasteiger partial charge in [-0.05, 0) is 6.92 Å². The summed E-state index contributed by atoms with van der Waals surface area (Å²) in [6.07, 6.45) is 5.07. The Bertz CT molecular complexity index is 290. The van der Waals surface area contributed by atoms with E-state index >= 15 is 0 Å². The highest BCUT2D eigenvalue weighted by Gasteiger charge is 2.15. The zero-order chi connectivity index (χ0) is 10.4. The lowest BCUT2D eigenvalue weighted by Gasteiger charge is -2.08. The fourth-order valence-electron chi connectivity index (χ4n) is 0.993. The average Bonchev–Trinajstić information content (AvgIpc) is 2.19. The van der Waals surface area contributed by atoms with Gasteiger partial charge in [0.25, 0.3) is 0 Å². The first kappa shape index (κ1) is 13.5. The standard InChI is InChI=1S/C9H13N3O2.CH4/c1-2-14-9(13)8(10)5-7-6-11-3-4-12-7;/h3-4,6,8H,2,5,10H2,1H3;1H4. The number of aromatic nitrogens is 2. The molecule has 1 atom stereocenters. The van der Waals surface area contributed by atoms with Crippen LogP contribution in [0, 0.1) is 0 Å². The molecule has 1 unspecified atom stereocenters. The number of carbonyl (C=O) groups is 1. The third kappa shape index (κ3) is 4.51. The summed E-state index contributed by atoms with van der Waals surface area (Å²) in [4.78, 5) is 19.0. The number of nitrogens with two attached hydrogens (primary N) is 1. The van der Waals surface area contributed by atoms with Gasteiger partial charge in [-0.15, -0.1) is 0 Å². The van der Waals surface area contributed by atoms with Gasteiger partial charge in [-0.2, -0.15) is 0 Å². The van der Waals surface area contributed by atoms with Crippen LogP contribution in [0.2, 0.25) is 0 Å². The van der Waals surface area contributed by atoms with Crippen molar-refractivity contribution in [3.8, 4) is 0 Å². The van der Waals surface area contributed by atoms with Crippen LogP contribution < -0.4 is 5.73 Å². The third-order valence-electron chi connectivity index (χ3n) is 1.64. The summed E-state index contributed by atoms with van der Waals surface area (Å²) >= 11 is 0. The lowest BCUT2D eigenvalue weighted by atomic mass is 10.2. The molecule has 1 heterocycles. The van der Waals surface area contributed by atoms with Gasteiger partial charge in [0.2, 0.25) is 0 Å². The summed E-state index contributed by atoms with van der Waals surface area (Å²) in [6.45, 7) is 2.08. The van der Waals surface area contributed by atoms with Crippen LogP contribution in [-0.2, 0) is 16.0 Å². The molecule has 0 aliphatic carbocycles. The second kappa shape index (κ2) is 6.89. The Morgan fingerprint density at radius 2 is 2.33 bits per heavy atom. The number of hydrogen-bond donors (Lipinski definition) is 1. The predicted molar refractivity (Wildman–Crippen MR) is 57.1 cm³/mol. The minimum Gasteiger partial charge on any atom is -0.465 e. The van der Waals surface area contributed by atoms with Crippen molar-refractivity contribution in [1.29, 1.82) is 0 Å². The Labute approximate surface area is 89.7 Å². The molecular formula is C10H17N3O2. The summed E-state index contributed by atoms with van der Waals surface area (Å²) < 4.78 is 4.76. The largest absolute Gasteiger partial charge is 0.465 e. The smallest absolute Gasteiger partial charge is 0.323 e. The first-order valence-electron chi connectivity index (χ1n) is 4.41.